The van der Waals surface area contributed by atoms with Crippen molar-refractivity contribution in [1.29, 1.82) is 0 Å². The van der Waals surface area contributed by atoms with Gasteiger partial charge >= 0.3 is 5.97 Å². The van der Waals surface area contributed by atoms with E-state index < -0.39 is 12.1 Å². The fourth-order valence-corrected chi connectivity index (χ4v) is 1.41. The number of para-hydroxylation sites is 1. The van der Waals surface area contributed by atoms with Crippen LogP contribution in [0.15, 0.2) is 36.5 Å². The second kappa shape index (κ2) is 4.75. The Morgan fingerprint density at radius 1 is 1.35 bits per heavy atom. The van der Waals surface area contributed by atoms with E-state index in [1.165, 1.54) is 10.9 Å². The Morgan fingerprint density at radius 2 is 2.06 bits per heavy atom. The van der Waals surface area contributed by atoms with Crippen LogP contribution in [0.1, 0.15) is 18.2 Å². The Kier molecular flexibility index (Phi) is 3.15. The van der Waals surface area contributed by atoms with E-state index in [9.17, 15) is 9.90 Å². The maximum absolute atomic E-state index is 10.4. The smallest absolute Gasteiger partial charge is 0.306 e. The zero-order chi connectivity index (χ0) is 12.3. The first-order chi connectivity index (χ1) is 8.16. The minimum Gasteiger partial charge on any atom is -0.481 e. The van der Waals surface area contributed by atoms with Crippen molar-refractivity contribution < 1.29 is 15.0 Å². The SMILES string of the molecule is O=C(O)CC(O)c1cn(-c2ccccc2)nn1. The monoisotopic (exact) mass is 233 g/mol. The molecule has 2 rings (SSSR count). The van der Waals surface area contributed by atoms with Crippen LogP contribution in [0.4, 0.5) is 0 Å². The quantitative estimate of drug-likeness (QED) is 0.814. The third kappa shape index (κ3) is 2.67. The first kappa shape index (κ1) is 11.3. The van der Waals surface area contributed by atoms with Crippen molar-refractivity contribution in [1.82, 2.24) is 15.0 Å². The molecule has 0 amide bonds. The van der Waals surface area contributed by atoms with E-state index in [0.29, 0.717) is 0 Å². The van der Waals surface area contributed by atoms with Gasteiger partial charge in [0, 0.05) is 0 Å². The summed E-state index contributed by atoms with van der Waals surface area (Å²) in [5.74, 6) is -1.08. The van der Waals surface area contributed by atoms with Gasteiger partial charge in [0.1, 0.15) is 11.8 Å². The van der Waals surface area contributed by atoms with Crippen LogP contribution in [0, 0.1) is 0 Å². The van der Waals surface area contributed by atoms with Gasteiger partial charge in [0.05, 0.1) is 18.3 Å². The summed E-state index contributed by atoms with van der Waals surface area (Å²) in [7, 11) is 0. The number of rotatable bonds is 4. The van der Waals surface area contributed by atoms with Gasteiger partial charge in [0.25, 0.3) is 0 Å². The van der Waals surface area contributed by atoms with Gasteiger partial charge in [0.2, 0.25) is 0 Å². The molecule has 1 aromatic carbocycles. The van der Waals surface area contributed by atoms with Crippen molar-refractivity contribution in [2.75, 3.05) is 0 Å². The maximum atomic E-state index is 10.4. The highest BCUT2D eigenvalue weighted by molar-refractivity contribution is 5.67. The summed E-state index contributed by atoms with van der Waals surface area (Å²) in [6, 6.07) is 9.25. The van der Waals surface area contributed by atoms with E-state index in [2.05, 4.69) is 10.3 Å². The van der Waals surface area contributed by atoms with Crippen LogP contribution >= 0.6 is 0 Å². The van der Waals surface area contributed by atoms with Crippen LogP contribution in [0.3, 0.4) is 0 Å². The third-order valence-electron chi connectivity index (χ3n) is 2.24. The van der Waals surface area contributed by atoms with Crippen LogP contribution in [-0.4, -0.2) is 31.2 Å². The highest BCUT2D eigenvalue weighted by Crippen LogP contribution is 2.14. The number of aromatic nitrogens is 3. The van der Waals surface area contributed by atoms with Crippen molar-refractivity contribution in [3.63, 3.8) is 0 Å². The predicted molar refractivity (Wildman–Crippen MR) is 58.6 cm³/mol. The second-order valence-corrected chi connectivity index (χ2v) is 3.54. The zero-order valence-electron chi connectivity index (χ0n) is 8.89. The van der Waals surface area contributed by atoms with Gasteiger partial charge in [-0.15, -0.1) is 5.10 Å². The fourth-order valence-electron chi connectivity index (χ4n) is 1.41. The molecule has 0 aliphatic heterocycles. The number of hydrogen-bond donors (Lipinski definition) is 2. The molecule has 1 heterocycles. The van der Waals surface area contributed by atoms with Gasteiger partial charge in [-0.2, -0.15) is 0 Å². The van der Waals surface area contributed by atoms with Gasteiger partial charge in [-0.05, 0) is 12.1 Å². The average Bonchev–Trinajstić information content (AvgIpc) is 2.78. The lowest BCUT2D eigenvalue weighted by molar-refractivity contribution is -0.139. The summed E-state index contributed by atoms with van der Waals surface area (Å²) >= 11 is 0. The summed E-state index contributed by atoms with van der Waals surface area (Å²) in [5, 5.41) is 25.7. The molecule has 2 aromatic rings. The molecular formula is C11H11N3O3. The Labute approximate surface area is 97.1 Å². The van der Waals surface area contributed by atoms with Crippen molar-refractivity contribution in [3.05, 3.63) is 42.2 Å². The van der Waals surface area contributed by atoms with Crippen LogP contribution in [0.5, 0.6) is 0 Å². The minimum absolute atomic E-state index is 0.247. The molecule has 0 aliphatic carbocycles. The lowest BCUT2D eigenvalue weighted by Crippen LogP contribution is -2.05. The number of hydrogen-bond acceptors (Lipinski definition) is 4. The first-order valence-corrected chi connectivity index (χ1v) is 5.04. The lowest BCUT2D eigenvalue weighted by Gasteiger charge is -2.01. The van der Waals surface area contributed by atoms with E-state index in [0.717, 1.165) is 5.69 Å². The third-order valence-corrected chi connectivity index (χ3v) is 2.24. The van der Waals surface area contributed by atoms with E-state index in [-0.39, 0.29) is 12.1 Å². The maximum Gasteiger partial charge on any atom is 0.306 e. The largest absolute Gasteiger partial charge is 0.481 e. The Morgan fingerprint density at radius 3 is 2.71 bits per heavy atom. The summed E-state index contributed by atoms with van der Waals surface area (Å²) in [5.41, 5.74) is 1.05. The molecule has 0 saturated heterocycles. The number of carboxylic acid groups (broad SMARTS) is 1. The number of aliphatic carboxylic acids is 1. The number of aliphatic hydroxyl groups excluding tert-OH is 1. The van der Waals surface area contributed by atoms with E-state index >= 15 is 0 Å². The molecule has 0 fully saturated rings. The van der Waals surface area contributed by atoms with Crippen LogP contribution in [0.25, 0.3) is 5.69 Å². The number of benzene rings is 1. The van der Waals surface area contributed by atoms with E-state index in [4.69, 9.17) is 5.11 Å². The summed E-state index contributed by atoms with van der Waals surface area (Å²) in [6.45, 7) is 0. The fraction of sp³-hybridized carbons (Fsp3) is 0.182. The normalized spacial score (nSPS) is 12.3. The number of aliphatic hydroxyl groups is 1. The molecule has 1 unspecified atom stereocenters. The molecular weight excluding hydrogens is 222 g/mol. The highest BCUT2D eigenvalue weighted by Gasteiger charge is 2.15. The zero-order valence-corrected chi connectivity index (χ0v) is 8.89. The molecule has 0 saturated carbocycles. The Hall–Kier alpha value is -2.21. The van der Waals surface area contributed by atoms with Gasteiger partial charge in [0.15, 0.2) is 0 Å². The standard InChI is InChI=1S/C11H11N3O3/c15-10(6-11(16)17)9-7-14(13-12-9)8-4-2-1-3-5-8/h1-5,7,10,15H,6H2,(H,16,17). The second-order valence-electron chi connectivity index (χ2n) is 3.54. The highest BCUT2D eigenvalue weighted by atomic mass is 16.4. The molecule has 1 atom stereocenters. The Balaban J connectivity index is 2.19. The molecule has 6 nitrogen and oxygen atoms in total. The molecule has 17 heavy (non-hydrogen) atoms. The van der Waals surface area contributed by atoms with Gasteiger partial charge in [-0.1, -0.05) is 23.4 Å². The van der Waals surface area contributed by atoms with Crippen molar-refractivity contribution in [2.45, 2.75) is 12.5 Å². The summed E-state index contributed by atoms with van der Waals surface area (Å²) in [4.78, 5) is 10.4. The first-order valence-electron chi connectivity index (χ1n) is 5.04. The molecule has 2 N–H and O–H groups in total. The lowest BCUT2D eigenvalue weighted by atomic mass is 10.2. The topological polar surface area (TPSA) is 88.2 Å². The molecule has 88 valence electrons. The van der Waals surface area contributed by atoms with Crippen molar-refractivity contribution in [3.8, 4) is 5.69 Å². The Bertz CT molecular complexity index is 510. The molecule has 1 aromatic heterocycles. The van der Waals surface area contributed by atoms with Crippen molar-refractivity contribution in [2.24, 2.45) is 0 Å². The van der Waals surface area contributed by atoms with Gasteiger partial charge in [-0.3, -0.25) is 4.79 Å². The molecule has 0 aliphatic rings. The number of carbonyl (C=O) groups is 1. The number of nitrogens with zero attached hydrogens (tertiary/aromatic N) is 3. The van der Waals surface area contributed by atoms with Crippen LogP contribution < -0.4 is 0 Å². The van der Waals surface area contributed by atoms with Crippen LogP contribution in [0.2, 0.25) is 0 Å². The van der Waals surface area contributed by atoms with Crippen LogP contribution in [-0.2, 0) is 4.79 Å². The summed E-state index contributed by atoms with van der Waals surface area (Å²) in [6.07, 6.45) is 0.00105. The minimum atomic E-state index is -1.13. The van der Waals surface area contributed by atoms with E-state index in [1.807, 2.05) is 30.3 Å². The number of carboxylic acids is 1. The average molecular weight is 233 g/mol. The summed E-state index contributed by atoms with van der Waals surface area (Å²) < 4.78 is 1.49. The molecule has 6 heteroatoms. The van der Waals surface area contributed by atoms with Gasteiger partial charge < -0.3 is 10.2 Å². The molecule has 0 bridgehead atoms. The van der Waals surface area contributed by atoms with E-state index in [1.54, 1.807) is 0 Å². The molecule has 0 spiro atoms. The predicted octanol–water partition coefficient (Wildman–Crippen LogP) is 0.775. The molecule has 0 radical (unpaired) electrons. The van der Waals surface area contributed by atoms with Crippen molar-refractivity contribution >= 4 is 5.97 Å². The van der Waals surface area contributed by atoms with Gasteiger partial charge in [-0.25, -0.2) is 4.68 Å².